The monoisotopic (exact) mass is 297 g/mol. The second-order valence-corrected chi connectivity index (χ2v) is 8.72. The first-order valence-corrected chi connectivity index (χ1v) is 9.64. The predicted octanol–water partition coefficient (Wildman–Crippen LogP) is 1.32. The maximum Gasteiger partial charge on any atom is 0.135 e. The topological polar surface area (TPSA) is 35.2 Å². The molecule has 1 aliphatic rings. The average Bonchev–Trinajstić information content (AvgIpc) is 2.58. The molecule has 21 heavy (non-hydrogen) atoms. The van der Waals surface area contributed by atoms with Gasteiger partial charge < -0.3 is 10.5 Å². The molecule has 3 heteroatoms. The maximum atomic E-state index is 6.23. The lowest BCUT2D eigenvalue weighted by Gasteiger charge is -2.36. The fraction of sp³-hybridized carbons (Fsp3) is 0.333. The van der Waals surface area contributed by atoms with Gasteiger partial charge >= 0.3 is 0 Å². The Morgan fingerprint density at radius 1 is 0.952 bits per heavy atom. The van der Waals surface area contributed by atoms with Gasteiger partial charge in [-0.3, -0.25) is 0 Å². The molecule has 0 bridgehead atoms. The summed E-state index contributed by atoms with van der Waals surface area (Å²) < 4.78 is 6.23. The highest BCUT2D eigenvalue weighted by atomic mass is 28.3. The third kappa shape index (κ3) is 3.26. The fourth-order valence-electron chi connectivity index (χ4n) is 3.38. The molecule has 0 spiro atoms. The lowest BCUT2D eigenvalue weighted by Crippen LogP contribution is -2.58. The molecule has 0 radical (unpaired) electrons. The van der Waals surface area contributed by atoms with Crippen LogP contribution in [-0.2, 0) is 4.74 Å². The van der Waals surface area contributed by atoms with Gasteiger partial charge in [-0.25, -0.2) is 0 Å². The van der Waals surface area contributed by atoms with Crippen molar-refractivity contribution in [2.24, 2.45) is 11.7 Å². The SMILES string of the molecule is NCC1CCCOC1[SiH](c1ccccc1)c1ccccc1. The molecule has 2 unspecified atom stereocenters. The van der Waals surface area contributed by atoms with E-state index in [-0.39, 0.29) is 0 Å². The van der Waals surface area contributed by atoms with E-state index < -0.39 is 8.80 Å². The number of rotatable bonds is 4. The Bertz CT molecular complexity index is 506. The summed E-state index contributed by atoms with van der Waals surface area (Å²) in [7, 11) is -1.41. The summed E-state index contributed by atoms with van der Waals surface area (Å²) in [6.45, 7) is 1.61. The van der Waals surface area contributed by atoms with E-state index >= 15 is 0 Å². The summed E-state index contributed by atoms with van der Waals surface area (Å²) >= 11 is 0. The first kappa shape index (κ1) is 14.5. The van der Waals surface area contributed by atoms with Crippen molar-refractivity contribution in [3.8, 4) is 0 Å². The molecule has 0 aliphatic carbocycles. The molecule has 3 rings (SSSR count). The number of nitrogens with two attached hydrogens (primary N) is 1. The smallest absolute Gasteiger partial charge is 0.135 e. The molecule has 1 heterocycles. The van der Waals surface area contributed by atoms with Gasteiger partial charge in [0, 0.05) is 6.61 Å². The van der Waals surface area contributed by atoms with Crippen LogP contribution in [0.1, 0.15) is 12.8 Å². The summed E-state index contributed by atoms with van der Waals surface area (Å²) in [5.74, 6) is 0.496. The average molecular weight is 297 g/mol. The standard InChI is InChI=1S/C18H23NOSi/c19-14-15-8-7-13-20-18(15)21(16-9-3-1-4-10-16)17-11-5-2-6-12-17/h1-6,9-12,15,18,21H,7-8,13-14,19H2. The van der Waals surface area contributed by atoms with E-state index in [1.165, 1.54) is 16.8 Å². The highest BCUT2D eigenvalue weighted by molar-refractivity contribution is 6.86. The summed E-state index contributed by atoms with van der Waals surface area (Å²) in [5.41, 5.74) is 6.34. The molecule has 2 aromatic carbocycles. The Balaban J connectivity index is 2.00. The normalized spacial score (nSPS) is 22.4. The van der Waals surface area contributed by atoms with E-state index in [1.807, 2.05) is 0 Å². The molecule has 110 valence electrons. The zero-order chi connectivity index (χ0) is 14.5. The summed E-state index contributed by atoms with van der Waals surface area (Å²) in [5, 5.41) is 2.91. The van der Waals surface area contributed by atoms with Gasteiger partial charge in [-0.2, -0.15) is 0 Å². The Morgan fingerprint density at radius 2 is 1.52 bits per heavy atom. The number of benzene rings is 2. The van der Waals surface area contributed by atoms with Crippen LogP contribution in [-0.4, -0.2) is 27.7 Å². The van der Waals surface area contributed by atoms with Crippen molar-refractivity contribution in [1.82, 2.24) is 0 Å². The third-order valence-electron chi connectivity index (χ3n) is 4.44. The van der Waals surface area contributed by atoms with E-state index in [0.717, 1.165) is 19.6 Å². The quantitative estimate of drug-likeness (QED) is 0.864. The van der Waals surface area contributed by atoms with E-state index in [4.69, 9.17) is 10.5 Å². The third-order valence-corrected chi connectivity index (χ3v) is 8.04. The lowest BCUT2D eigenvalue weighted by molar-refractivity contribution is 0.0249. The van der Waals surface area contributed by atoms with Gasteiger partial charge in [0.25, 0.3) is 0 Å². The molecule has 1 saturated heterocycles. The van der Waals surface area contributed by atoms with Crippen molar-refractivity contribution in [2.75, 3.05) is 13.2 Å². The second kappa shape index (κ2) is 7.03. The molecular weight excluding hydrogens is 274 g/mol. The summed E-state index contributed by atoms with van der Waals surface area (Å²) in [6.07, 6.45) is 2.34. The molecule has 2 aromatic rings. The minimum Gasteiger partial charge on any atom is -0.381 e. The van der Waals surface area contributed by atoms with Crippen LogP contribution in [0.4, 0.5) is 0 Å². The Kier molecular flexibility index (Phi) is 4.86. The van der Waals surface area contributed by atoms with Gasteiger partial charge in [0.2, 0.25) is 0 Å². The van der Waals surface area contributed by atoms with E-state index in [0.29, 0.717) is 11.6 Å². The minimum atomic E-state index is -1.41. The largest absolute Gasteiger partial charge is 0.381 e. The zero-order valence-electron chi connectivity index (χ0n) is 12.3. The molecule has 1 fully saturated rings. The molecule has 2 N–H and O–H groups in total. The Morgan fingerprint density at radius 3 is 2.05 bits per heavy atom. The van der Waals surface area contributed by atoms with Crippen molar-refractivity contribution in [3.05, 3.63) is 60.7 Å². The highest BCUT2D eigenvalue weighted by Crippen LogP contribution is 2.22. The second-order valence-electron chi connectivity index (χ2n) is 5.77. The van der Waals surface area contributed by atoms with Gasteiger partial charge in [-0.15, -0.1) is 0 Å². The van der Waals surface area contributed by atoms with Crippen LogP contribution in [0.3, 0.4) is 0 Å². The minimum absolute atomic E-state index is 0.313. The number of hydrogen-bond acceptors (Lipinski definition) is 2. The number of hydrogen-bond donors (Lipinski definition) is 1. The van der Waals surface area contributed by atoms with Gasteiger partial charge in [-0.1, -0.05) is 71.0 Å². The van der Waals surface area contributed by atoms with Crippen LogP contribution in [0, 0.1) is 5.92 Å². The van der Waals surface area contributed by atoms with Crippen molar-refractivity contribution in [1.29, 1.82) is 0 Å². The molecular formula is C18H23NOSi. The number of ether oxygens (including phenoxy) is 1. The van der Waals surface area contributed by atoms with Crippen molar-refractivity contribution in [2.45, 2.75) is 18.6 Å². The van der Waals surface area contributed by atoms with Crippen molar-refractivity contribution >= 4 is 19.2 Å². The Labute approximate surface area is 128 Å². The van der Waals surface area contributed by atoms with Gasteiger partial charge in [0.05, 0.1) is 5.73 Å². The van der Waals surface area contributed by atoms with Crippen LogP contribution in [0.5, 0.6) is 0 Å². The zero-order valence-corrected chi connectivity index (χ0v) is 13.5. The van der Waals surface area contributed by atoms with Crippen molar-refractivity contribution in [3.63, 3.8) is 0 Å². The van der Waals surface area contributed by atoms with Crippen LogP contribution in [0.2, 0.25) is 0 Å². The molecule has 0 amide bonds. The lowest BCUT2D eigenvalue weighted by atomic mass is 10.0. The Hall–Kier alpha value is -1.42. The fourth-order valence-corrected chi connectivity index (χ4v) is 7.02. The molecule has 2 atom stereocenters. The van der Waals surface area contributed by atoms with Crippen LogP contribution in [0.25, 0.3) is 0 Å². The summed E-state index contributed by atoms with van der Waals surface area (Å²) in [4.78, 5) is 0. The van der Waals surface area contributed by atoms with Gasteiger partial charge in [0.1, 0.15) is 8.80 Å². The molecule has 2 nitrogen and oxygen atoms in total. The molecule has 1 aliphatic heterocycles. The van der Waals surface area contributed by atoms with E-state index in [2.05, 4.69) is 60.7 Å². The van der Waals surface area contributed by atoms with Crippen LogP contribution >= 0.6 is 0 Å². The molecule has 0 aromatic heterocycles. The first-order chi connectivity index (χ1) is 10.4. The van der Waals surface area contributed by atoms with Gasteiger partial charge in [0.15, 0.2) is 0 Å². The van der Waals surface area contributed by atoms with Crippen molar-refractivity contribution < 1.29 is 4.74 Å². The first-order valence-electron chi connectivity index (χ1n) is 7.81. The maximum absolute atomic E-state index is 6.23. The molecule has 0 saturated carbocycles. The van der Waals surface area contributed by atoms with E-state index in [1.54, 1.807) is 0 Å². The van der Waals surface area contributed by atoms with Crippen LogP contribution in [0.15, 0.2) is 60.7 Å². The predicted molar refractivity (Wildman–Crippen MR) is 90.8 cm³/mol. The summed E-state index contributed by atoms with van der Waals surface area (Å²) in [6, 6.07) is 21.8. The van der Waals surface area contributed by atoms with Crippen LogP contribution < -0.4 is 16.1 Å². The highest BCUT2D eigenvalue weighted by Gasteiger charge is 2.35. The van der Waals surface area contributed by atoms with E-state index in [9.17, 15) is 0 Å². The van der Waals surface area contributed by atoms with Gasteiger partial charge in [-0.05, 0) is 25.3 Å².